The van der Waals surface area contributed by atoms with E-state index in [0.29, 0.717) is 25.9 Å². The summed E-state index contributed by atoms with van der Waals surface area (Å²) in [6.07, 6.45) is 2.43. The van der Waals surface area contributed by atoms with Gasteiger partial charge in [0, 0.05) is 20.8 Å². The standard InChI is InChI=1S/C16H29NO5/c1-6-8-15(21-13(4)19)10-17(12(3)18)11-16(9-7-2)22-14(5)20/h15-16H,6-11H2,1-5H3. The molecule has 0 aromatic rings. The van der Waals surface area contributed by atoms with Gasteiger partial charge in [-0.2, -0.15) is 0 Å². The van der Waals surface area contributed by atoms with Gasteiger partial charge in [0.1, 0.15) is 12.2 Å². The number of ether oxygens (including phenoxy) is 2. The Labute approximate surface area is 133 Å². The first-order valence-electron chi connectivity index (χ1n) is 7.90. The summed E-state index contributed by atoms with van der Waals surface area (Å²) in [5.41, 5.74) is 0. The fraction of sp³-hybridized carbons (Fsp3) is 0.812. The molecule has 0 heterocycles. The van der Waals surface area contributed by atoms with Gasteiger partial charge in [-0.05, 0) is 12.8 Å². The summed E-state index contributed by atoms with van der Waals surface area (Å²) in [4.78, 5) is 35.7. The van der Waals surface area contributed by atoms with E-state index < -0.39 is 0 Å². The van der Waals surface area contributed by atoms with E-state index in [4.69, 9.17) is 9.47 Å². The molecule has 6 heteroatoms. The molecule has 0 aliphatic rings. The van der Waals surface area contributed by atoms with Crippen LogP contribution < -0.4 is 0 Å². The summed E-state index contributed by atoms with van der Waals surface area (Å²) in [6, 6.07) is 0. The van der Waals surface area contributed by atoms with Crippen molar-refractivity contribution in [3.05, 3.63) is 0 Å². The number of carbonyl (C=O) groups is 3. The maximum Gasteiger partial charge on any atom is 0.302 e. The van der Waals surface area contributed by atoms with Crippen LogP contribution in [0.5, 0.6) is 0 Å². The average molecular weight is 315 g/mol. The number of amides is 1. The Morgan fingerprint density at radius 2 is 1.18 bits per heavy atom. The Bertz CT molecular complexity index is 342. The van der Waals surface area contributed by atoms with Gasteiger partial charge >= 0.3 is 11.9 Å². The van der Waals surface area contributed by atoms with Gasteiger partial charge in [0.15, 0.2) is 0 Å². The van der Waals surface area contributed by atoms with E-state index in [1.165, 1.54) is 20.8 Å². The van der Waals surface area contributed by atoms with Gasteiger partial charge < -0.3 is 14.4 Å². The van der Waals surface area contributed by atoms with Gasteiger partial charge in [-0.3, -0.25) is 14.4 Å². The molecule has 0 saturated carbocycles. The van der Waals surface area contributed by atoms with Gasteiger partial charge in [0.05, 0.1) is 13.1 Å². The summed E-state index contributed by atoms with van der Waals surface area (Å²) in [5.74, 6) is -0.833. The van der Waals surface area contributed by atoms with Crippen LogP contribution in [-0.2, 0) is 23.9 Å². The zero-order valence-corrected chi connectivity index (χ0v) is 14.4. The van der Waals surface area contributed by atoms with Crippen molar-refractivity contribution in [2.75, 3.05) is 13.1 Å². The predicted octanol–water partition coefficient (Wildman–Crippen LogP) is 2.30. The average Bonchev–Trinajstić information content (AvgIpc) is 2.36. The summed E-state index contributed by atoms with van der Waals surface area (Å²) in [5, 5.41) is 0. The molecule has 0 bridgehead atoms. The molecule has 2 atom stereocenters. The van der Waals surface area contributed by atoms with E-state index in [1.807, 2.05) is 13.8 Å². The molecule has 0 radical (unpaired) electrons. The van der Waals surface area contributed by atoms with E-state index in [9.17, 15) is 14.4 Å². The maximum atomic E-state index is 11.8. The molecular weight excluding hydrogens is 286 g/mol. The molecule has 2 unspecified atom stereocenters. The van der Waals surface area contributed by atoms with Crippen molar-refractivity contribution in [3.63, 3.8) is 0 Å². The first-order chi connectivity index (χ1) is 10.3. The zero-order chi connectivity index (χ0) is 17.1. The molecular formula is C16H29NO5. The van der Waals surface area contributed by atoms with Crippen molar-refractivity contribution < 1.29 is 23.9 Å². The Morgan fingerprint density at radius 3 is 1.41 bits per heavy atom. The molecule has 128 valence electrons. The minimum atomic E-state index is -0.355. The third kappa shape index (κ3) is 9.37. The van der Waals surface area contributed by atoms with E-state index in [1.54, 1.807) is 4.90 Å². The fourth-order valence-corrected chi connectivity index (χ4v) is 2.31. The molecule has 0 rings (SSSR count). The van der Waals surface area contributed by atoms with Gasteiger partial charge in [-0.25, -0.2) is 0 Å². The van der Waals surface area contributed by atoms with E-state index in [-0.39, 0.29) is 30.1 Å². The van der Waals surface area contributed by atoms with Crippen LogP contribution in [0.4, 0.5) is 0 Å². The van der Waals surface area contributed by atoms with Crippen molar-refractivity contribution in [1.29, 1.82) is 0 Å². The second-order valence-electron chi connectivity index (χ2n) is 5.46. The van der Waals surface area contributed by atoms with Crippen molar-refractivity contribution in [2.45, 2.75) is 72.5 Å². The third-order valence-electron chi connectivity index (χ3n) is 3.18. The lowest BCUT2D eigenvalue weighted by Crippen LogP contribution is -2.43. The van der Waals surface area contributed by atoms with Gasteiger partial charge in [-0.1, -0.05) is 26.7 Å². The van der Waals surface area contributed by atoms with Crippen molar-refractivity contribution in [3.8, 4) is 0 Å². The topological polar surface area (TPSA) is 72.9 Å². The highest BCUT2D eigenvalue weighted by Crippen LogP contribution is 2.10. The summed E-state index contributed by atoms with van der Waals surface area (Å²) in [7, 11) is 0. The molecule has 0 aromatic carbocycles. The Hall–Kier alpha value is -1.59. The largest absolute Gasteiger partial charge is 0.461 e. The van der Waals surface area contributed by atoms with Crippen molar-refractivity contribution in [1.82, 2.24) is 4.90 Å². The third-order valence-corrected chi connectivity index (χ3v) is 3.18. The SMILES string of the molecule is CCCC(CN(CC(CCC)OC(C)=O)C(C)=O)OC(C)=O. The molecule has 0 N–H and O–H groups in total. The molecule has 0 aromatic heterocycles. The molecule has 1 amide bonds. The Morgan fingerprint density at radius 1 is 0.818 bits per heavy atom. The van der Waals surface area contributed by atoms with E-state index in [2.05, 4.69) is 0 Å². The van der Waals surface area contributed by atoms with Gasteiger partial charge in [0.2, 0.25) is 5.91 Å². The Kier molecular flexibility index (Phi) is 10.2. The van der Waals surface area contributed by atoms with Crippen molar-refractivity contribution in [2.24, 2.45) is 0 Å². The highest BCUT2D eigenvalue weighted by molar-refractivity contribution is 5.73. The summed E-state index contributed by atoms with van der Waals surface area (Å²) in [6.45, 7) is 8.82. The number of rotatable bonds is 10. The van der Waals surface area contributed by atoms with E-state index >= 15 is 0 Å². The normalized spacial score (nSPS) is 13.1. The van der Waals surface area contributed by atoms with E-state index in [0.717, 1.165) is 12.8 Å². The predicted molar refractivity (Wildman–Crippen MR) is 83.2 cm³/mol. The number of hydrogen-bond acceptors (Lipinski definition) is 5. The molecule has 0 aliphatic heterocycles. The first-order valence-corrected chi connectivity index (χ1v) is 7.90. The zero-order valence-electron chi connectivity index (χ0n) is 14.4. The molecule has 0 saturated heterocycles. The molecule has 0 spiro atoms. The lowest BCUT2D eigenvalue weighted by Gasteiger charge is -2.29. The fourth-order valence-electron chi connectivity index (χ4n) is 2.31. The van der Waals surface area contributed by atoms with Crippen LogP contribution in [0.3, 0.4) is 0 Å². The number of esters is 2. The number of nitrogens with zero attached hydrogens (tertiary/aromatic N) is 1. The van der Waals surface area contributed by atoms with Crippen LogP contribution in [0.25, 0.3) is 0 Å². The monoisotopic (exact) mass is 315 g/mol. The lowest BCUT2D eigenvalue weighted by atomic mass is 10.1. The minimum Gasteiger partial charge on any atom is -0.461 e. The number of hydrogen-bond donors (Lipinski definition) is 0. The Balaban J connectivity index is 4.82. The lowest BCUT2D eigenvalue weighted by molar-refractivity contribution is -0.153. The molecule has 22 heavy (non-hydrogen) atoms. The van der Waals surface area contributed by atoms with Crippen molar-refractivity contribution >= 4 is 17.8 Å². The summed E-state index contributed by atoms with van der Waals surface area (Å²) < 4.78 is 10.5. The quantitative estimate of drug-likeness (QED) is 0.578. The van der Waals surface area contributed by atoms with Crippen LogP contribution in [0.1, 0.15) is 60.3 Å². The molecule has 0 aliphatic carbocycles. The minimum absolute atomic E-state index is 0.124. The van der Waals surface area contributed by atoms with Crippen LogP contribution in [0.2, 0.25) is 0 Å². The van der Waals surface area contributed by atoms with Gasteiger partial charge in [-0.15, -0.1) is 0 Å². The van der Waals surface area contributed by atoms with Crippen LogP contribution in [0.15, 0.2) is 0 Å². The smallest absolute Gasteiger partial charge is 0.302 e. The van der Waals surface area contributed by atoms with Crippen LogP contribution in [0, 0.1) is 0 Å². The van der Waals surface area contributed by atoms with Gasteiger partial charge in [0.25, 0.3) is 0 Å². The van der Waals surface area contributed by atoms with Crippen LogP contribution in [-0.4, -0.2) is 48.0 Å². The van der Waals surface area contributed by atoms with Crippen LogP contribution >= 0.6 is 0 Å². The second kappa shape index (κ2) is 11.0. The highest BCUT2D eigenvalue weighted by atomic mass is 16.5. The first kappa shape index (κ1) is 20.4. The molecule has 0 fully saturated rings. The number of carbonyl (C=O) groups excluding carboxylic acids is 3. The molecule has 6 nitrogen and oxygen atoms in total. The summed E-state index contributed by atoms with van der Waals surface area (Å²) >= 11 is 0. The highest BCUT2D eigenvalue weighted by Gasteiger charge is 2.22. The second-order valence-corrected chi connectivity index (χ2v) is 5.46. The maximum absolute atomic E-state index is 11.8.